The maximum absolute atomic E-state index is 3.98. The molecule has 3 nitrogen and oxygen atoms in total. The van der Waals surface area contributed by atoms with E-state index in [0.29, 0.717) is 0 Å². The van der Waals surface area contributed by atoms with Crippen LogP contribution in [0.5, 0.6) is 0 Å². The van der Waals surface area contributed by atoms with Crippen LogP contribution in [-0.4, -0.2) is 9.97 Å². The van der Waals surface area contributed by atoms with Crippen molar-refractivity contribution in [1.82, 2.24) is 9.97 Å². The van der Waals surface area contributed by atoms with Crippen LogP contribution in [0.3, 0.4) is 0 Å². The Labute approximate surface area is 102 Å². The van der Waals surface area contributed by atoms with E-state index >= 15 is 0 Å². The van der Waals surface area contributed by atoms with Crippen molar-refractivity contribution in [3.63, 3.8) is 0 Å². The first kappa shape index (κ1) is 11.6. The number of hydrogen-bond donors (Lipinski definition) is 1. The van der Waals surface area contributed by atoms with Crippen molar-refractivity contribution in [2.75, 3.05) is 5.32 Å². The summed E-state index contributed by atoms with van der Waals surface area (Å²) in [7, 11) is 0. The van der Waals surface area contributed by atoms with Gasteiger partial charge in [-0.15, -0.1) is 0 Å². The molecule has 88 valence electrons. The Hall–Kier alpha value is -1.90. The van der Waals surface area contributed by atoms with E-state index in [0.717, 1.165) is 12.2 Å². The predicted molar refractivity (Wildman–Crippen MR) is 70.0 cm³/mol. The number of benzene rings is 1. The van der Waals surface area contributed by atoms with Crippen molar-refractivity contribution in [2.24, 2.45) is 0 Å². The van der Waals surface area contributed by atoms with Gasteiger partial charge in [0.25, 0.3) is 0 Å². The average Bonchev–Trinajstić information content (AvgIpc) is 2.33. The molecule has 0 fully saturated rings. The van der Waals surface area contributed by atoms with Gasteiger partial charge < -0.3 is 5.32 Å². The first-order valence-corrected chi connectivity index (χ1v) is 5.72. The van der Waals surface area contributed by atoms with Crippen LogP contribution < -0.4 is 5.32 Å². The average molecular weight is 227 g/mol. The summed E-state index contributed by atoms with van der Waals surface area (Å²) < 4.78 is 0. The lowest BCUT2D eigenvalue weighted by molar-refractivity contribution is 1.07. The lowest BCUT2D eigenvalue weighted by atomic mass is 10.0. The van der Waals surface area contributed by atoms with Crippen molar-refractivity contribution in [2.45, 2.75) is 27.3 Å². The number of rotatable bonds is 3. The molecule has 1 aromatic heterocycles. The molecule has 0 saturated carbocycles. The summed E-state index contributed by atoms with van der Waals surface area (Å²) in [5.74, 6) is 0. The number of anilines is 1. The van der Waals surface area contributed by atoms with Crippen LogP contribution in [-0.2, 0) is 6.54 Å². The van der Waals surface area contributed by atoms with Crippen LogP contribution in [0.4, 0.5) is 5.69 Å². The Kier molecular flexibility index (Phi) is 3.38. The first-order chi connectivity index (χ1) is 8.16. The van der Waals surface area contributed by atoms with E-state index in [9.17, 15) is 0 Å². The predicted octanol–water partition coefficient (Wildman–Crippen LogP) is 3.01. The smallest absolute Gasteiger partial charge is 0.115 e. The molecule has 0 amide bonds. The molecule has 2 rings (SSSR count). The second kappa shape index (κ2) is 4.95. The quantitative estimate of drug-likeness (QED) is 0.875. The number of nitrogens with zero attached hydrogens (tertiary/aromatic N) is 2. The Bertz CT molecular complexity index is 506. The van der Waals surface area contributed by atoms with Crippen LogP contribution >= 0.6 is 0 Å². The van der Waals surface area contributed by atoms with E-state index < -0.39 is 0 Å². The standard InChI is InChI=1S/C14H17N3/c1-10-4-12(3)13(5-11(10)2)6-17-14-7-15-9-16-8-14/h4-5,7-9,17H,6H2,1-3H3. The van der Waals surface area contributed by atoms with Gasteiger partial charge in [-0.3, -0.25) is 0 Å². The molecule has 1 N–H and O–H groups in total. The molecular formula is C14H17N3. The molecule has 0 radical (unpaired) electrons. The number of nitrogens with one attached hydrogen (secondary N) is 1. The second-order valence-corrected chi connectivity index (χ2v) is 4.34. The molecule has 0 bridgehead atoms. The first-order valence-electron chi connectivity index (χ1n) is 5.72. The fourth-order valence-electron chi connectivity index (χ4n) is 1.80. The van der Waals surface area contributed by atoms with Crippen molar-refractivity contribution in [3.8, 4) is 0 Å². The maximum atomic E-state index is 3.98. The second-order valence-electron chi connectivity index (χ2n) is 4.34. The SMILES string of the molecule is Cc1cc(C)c(CNc2cncnc2)cc1C. The minimum atomic E-state index is 0.806. The van der Waals surface area contributed by atoms with Gasteiger partial charge in [-0.2, -0.15) is 0 Å². The molecular weight excluding hydrogens is 210 g/mol. The van der Waals surface area contributed by atoms with Crippen molar-refractivity contribution < 1.29 is 0 Å². The maximum Gasteiger partial charge on any atom is 0.115 e. The highest BCUT2D eigenvalue weighted by Gasteiger charge is 2.02. The molecule has 17 heavy (non-hydrogen) atoms. The lowest BCUT2D eigenvalue weighted by Gasteiger charge is -2.11. The summed E-state index contributed by atoms with van der Waals surface area (Å²) in [6, 6.07) is 4.47. The van der Waals surface area contributed by atoms with Gasteiger partial charge in [0.15, 0.2) is 0 Å². The van der Waals surface area contributed by atoms with Crippen LogP contribution in [0.15, 0.2) is 30.9 Å². The summed E-state index contributed by atoms with van der Waals surface area (Å²) in [6.45, 7) is 7.24. The van der Waals surface area contributed by atoms with E-state index in [2.05, 4.69) is 48.2 Å². The Morgan fingerprint density at radius 3 is 2.29 bits per heavy atom. The van der Waals surface area contributed by atoms with E-state index in [4.69, 9.17) is 0 Å². The van der Waals surface area contributed by atoms with Gasteiger partial charge in [0.05, 0.1) is 18.1 Å². The van der Waals surface area contributed by atoms with E-state index in [1.165, 1.54) is 28.6 Å². The van der Waals surface area contributed by atoms with Gasteiger partial charge >= 0.3 is 0 Å². The van der Waals surface area contributed by atoms with Crippen LogP contribution in [0.25, 0.3) is 0 Å². The van der Waals surface area contributed by atoms with Crippen molar-refractivity contribution in [3.05, 3.63) is 53.1 Å². The topological polar surface area (TPSA) is 37.8 Å². The summed E-state index contributed by atoms with van der Waals surface area (Å²) in [6.07, 6.45) is 5.10. The molecule has 2 aromatic rings. The normalized spacial score (nSPS) is 10.3. The highest BCUT2D eigenvalue weighted by molar-refractivity contribution is 5.42. The summed E-state index contributed by atoms with van der Waals surface area (Å²) >= 11 is 0. The van der Waals surface area contributed by atoms with Crippen LogP contribution in [0.2, 0.25) is 0 Å². The third-order valence-electron chi connectivity index (χ3n) is 3.00. The van der Waals surface area contributed by atoms with Crippen molar-refractivity contribution >= 4 is 5.69 Å². The van der Waals surface area contributed by atoms with Gasteiger partial charge in [0.1, 0.15) is 6.33 Å². The summed E-state index contributed by atoms with van der Waals surface area (Å²) in [5.41, 5.74) is 6.26. The third-order valence-corrected chi connectivity index (χ3v) is 3.00. The zero-order chi connectivity index (χ0) is 12.3. The highest BCUT2D eigenvalue weighted by atomic mass is 14.9. The number of hydrogen-bond acceptors (Lipinski definition) is 3. The largest absolute Gasteiger partial charge is 0.378 e. The summed E-state index contributed by atoms with van der Waals surface area (Å²) in [5, 5.41) is 3.32. The van der Waals surface area contributed by atoms with Gasteiger partial charge in [-0.25, -0.2) is 9.97 Å². The molecule has 0 spiro atoms. The molecule has 1 heterocycles. The van der Waals surface area contributed by atoms with Crippen LogP contribution in [0.1, 0.15) is 22.3 Å². The number of aromatic nitrogens is 2. The Morgan fingerprint density at radius 2 is 1.59 bits per heavy atom. The molecule has 3 heteroatoms. The van der Waals surface area contributed by atoms with E-state index in [1.807, 2.05) is 0 Å². The Balaban J connectivity index is 2.12. The fraction of sp³-hybridized carbons (Fsp3) is 0.286. The highest BCUT2D eigenvalue weighted by Crippen LogP contribution is 2.16. The zero-order valence-corrected chi connectivity index (χ0v) is 10.5. The van der Waals surface area contributed by atoms with Gasteiger partial charge in [0.2, 0.25) is 0 Å². The fourth-order valence-corrected chi connectivity index (χ4v) is 1.80. The molecule has 0 atom stereocenters. The molecule has 0 aliphatic heterocycles. The summed E-state index contributed by atoms with van der Waals surface area (Å²) in [4.78, 5) is 7.95. The molecule has 0 unspecified atom stereocenters. The minimum absolute atomic E-state index is 0.806. The van der Waals surface area contributed by atoms with Crippen molar-refractivity contribution in [1.29, 1.82) is 0 Å². The monoisotopic (exact) mass is 227 g/mol. The molecule has 0 saturated heterocycles. The van der Waals surface area contributed by atoms with Gasteiger partial charge in [-0.1, -0.05) is 12.1 Å². The number of aryl methyl sites for hydroxylation is 3. The van der Waals surface area contributed by atoms with Gasteiger partial charge in [0, 0.05) is 6.54 Å². The van der Waals surface area contributed by atoms with Crippen LogP contribution in [0, 0.1) is 20.8 Å². The Morgan fingerprint density at radius 1 is 0.941 bits per heavy atom. The lowest BCUT2D eigenvalue weighted by Crippen LogP contribution is -2.03. The van der Waals surface area contributed by atoms with E-state index in [1.54, 1.807) is 12.4 Å². The zero-order valence-electron chi connectivity index (χ0n) is 10.5. The van der Waals surface area contributed by atoms with E-state index in [-0.39, 0.29) is 0 Å². The molecule has 0 aliphatic rings. The van der Waals surface area contributed by atoms with Gasteiger partial charge in [-0.05, 0) is 43.0 Å². The third kappa shape index (κ3) is 2.81. The molecule has 0 aliphatic carbocycles. The minimum Gasteiger partial charge on any atom is -0.378 e. The molecule has 1 aromatic carbocycles.